The highest BCUT2D eigenvalue weighted by atomic mass is 16.6. The number of likely N-dealkylation sites (tertiary alicyclic amines) is 1. The van der Waals surface area contributed by atoms with Gasteiger partial charge in [-0.15, -0.1) is 0 Å². The number of amides is 5. The second kappa shape index (κ2) is 18.2. The van der Waals surface area contributed by atoms with Gasteiger partial charge in [0.2, 0.25) is 23.4 Å². The molecule has 2 heterocycles. The van der Waals surface area contributed by atoms with E-state index in [1.165, 1.54) is 11.8 Å². The highest BCUT2D eigenvalue weighted by Gasteiger charge is 2.45. The van der Waals surface area contributed by atoms with Crippen LogP contribution in [0.25, 0.3) is 0 Å². The van der Waals surface area contributed by atoms with Gasteiger partial charge in [0, 0.05) is 25.9 Å². The first kappa shape index (κ1) is 39.4. The molecule has 0 saturated carbocycles. The number of Topliss-reactive ketones (excluding diaryl/α,β-unsaturated/α-hetero) is 3. The Morgan fingerprint density at radius 2 is 1.56 bits per heavy atom. The van der Waals surface area contributed by atoms with Crippen molar-refractivity contribution in [2.45, 2.75) is 90.6 Å². The van der Waals surface area contributed by atoms with Crippen LogP contribution in [-0.4, -0.2) is 101 Å². The third-order valence-electron chi connectivity index (χ3n) is 9.12. The average Bonchev–Trinajstić information content (AvgIpc) is 3.55. The number of carbonyl (C=O) groups is 8. The largest absolute Gasteiger partial charge is 0.444 e. The molecule has 1 saturated heterocycles. The zero-order valence-electron chi connectivity index (χ0n) is 30.0. The maximum absolute atomic E-state index is 14.2. The molecule has 0 radical (unpaired) electrons. The molecule has 14 nitrogen and oxygen atoms in total. The highest BCUT2D eigenvalue weighted by molar-refractivity contribution is 6.38. The van der Waals surface area contributed by atoms with Crippen molar-refractivity contribution < 1.29 is 43.1 Å². The van der Waals surface area contributed by atoms with E-state index < -0.39 is 71.4 Å². The van der Waals surface area contributed by atoms with Crippen LogP contribution >= 0.6 is 0 Å². The van der Waals surface area contributed by atoms with Gasteiger partial charge in [-0.3, -0.25) is 33.6 Å². The zero-order chi connectivity index (χ0) is 37.9. The second-order valence-electron chi connectivity index (χ2n) is 13.6. The van der Waals surface area contributed by atoms with Gasteiger partial charge in [-0.1, -0.05) is 81.8 Å². The zero-order valence-corrected chi connectivity index (χ0v) is 30.0. The number of hydrogen-bond acceptors (Lipinski definition) is 9. The summed E-state index contributed by atoms with van der Waals surface area (Å²) in [7, 11) is 0. The molecule has 2 aliphatic heterocycles. The van der Waals surface area contributed by atoms with Crippen molar-refractivity contribution in [1.82, 2.24) is 25.8 Å². The third kappa shape index (κ3) is 10.3. The fourth-order valence-electron chi connectivity index (χ4n) is 6.29. The minimum absolute atomic E-state index is 0.0990. The molecule has 2 aromatic carbocycles. The molecule has 2 aliphatic rings. The van der Waals surface area contributed by atoms with E-state index in [0.29, 0.717) is 31.5 Å². The van der Waals surface area contributed by atoms with E-state index in [-0.39, 0.29) is 38.1 Å². The third-order valence-corrected chi connectivity index (χ3v) is 9.12. The van der Waals surface area contributed by atoms with Crippen LogP contribution in [0.3, 0.4) is 0 Å². The Bertz CT molecular complexity index is 1680. The number of benzene rings is 2. The molecular formula is C38H47N5O9. The summed E-state index contributed by atoms with van der Waals surface area (Å²) in [6.07, 6.45) is -0.684. The first-order valence-corrected chi connectivity index (χ1v) is 17.6. The summed E-state index contributed by atoms with van der Waals surface area (Å²) in [6.45, 7) is 6.56. The second-order valence-corrected chi connectivity index (χ2v) is 13.6. The van der Waals surface area contributed by atoms with Crippen LogP contribution in [0.15, 0.2) is 54.6 Å². The SMILES string of the molecule is CCCC(NC(=O)[C@@H]1C[C@@H](OC(=O)N2CCc3ccccc3C2)CN1C(=O)[C@@H](NC(=O)C(=O)Cc1ccccc1)C(C)C)C(=O)C(=O)NCC(C)=O. The summed E-state index contributed by atoms with van der Waals surface area (Å²) in [5.74, 6) is -6.03. The molecule has 5 amide bonds. The monoisotopic (exact) mass is 717 g/mol. The minimum atomic E-state index is -1.26. The van der Waals surface area contributed by atoms with Gasteiger partial charge in [0.05, 0.1) is 19.1 Å². The van der Waals surface area contributed by atoms with Gasteiger partial charge in [-0.2, -0.15) is 0 Å². The maximum Gasteiger partial charge on any atom is 0.410 e. The number of nitrogens with one attached hydrogen (secondary N) is 3. The molecule has 4 rings (SSSR count). The minimum Gasteiger partial charge on any atom is -0.444 e. The van der Waals surface area contributed by atoms with Crippen LogP contribution in [0.1, 0.15) is 63.6 Å². The number of nitrogens with zero attached hydrogens (tertiary/aromatic N) is 2. The summed E-state index contributed by atoms with van der Waals surface area (Å²) >= 11 is 0. The van der Waals surface area contributed by atoms with E-state index >= 15 is 0 Å². The quantitative estimate of drug-likeness (QED) is 0.230. The Kier molecular flexibility index (Phi) is 13.8. The number of rotatable bonds is 15. The van der Waals surface area contributed by atoms with Gasteiger partial charge in [0.1, 0.15) is 24.0 Å². The van der Waals surface area contributed by atoms with Crippen molar-refractivity contribution in [3.63, 3.8) is 0 Å². The van der Waals surface area contributed by atoms with Crippen LogP contribution < -0.4 is 16.0 Å². The summed E-state index contributed by atoms with van der Waals surface area (Å²) in [5.41, 5.74) is 2.75. The number of ketones is 3. The van der Waals surface area contributed by atoms with E-state index in [1.807, 2.05) is 24.3 Å². The Hall–Kier alpha value is -5.40. The van der Waals surface area contributed by atoms with Crippen molar-refractivity contribution in [2.24, 2.45) is 5.92 Å². The fraction of sp³-hybridized carbons (Fsp3) is 0.474. The lowest BCUT2D eigenvalue weighted by molar-refractivity contribution is -0.145. The van der Waals surface area contributed by atoms with Gasteiger partial charge in [-0.25, -0.2) is 4.79 Å². The Labute approximate surface area is 303 Å². The molecule has 14 heteroatoms. The van der Waals surface area contributed by atoms with Crippen molar-refractivity contribution in [3.8, 4) is 0 Å². The predicted octanol–water partition coefficient (Wildman–Crippen LogP) is 1.66. The summed E-state index contributed by atoms with van der Waals surface area (Å²) in [6, 6.07) is 12.7. The van der Waals surface area contributed by atoms with Gasteiger partial charge >= 0.3 is 6.09 Å². The maximum atomic E-state index is 14.2. The van der Waals surface area contributed by atoms with Gasteiger partial charge in [-0.05, 0) is 42.4 Å². The first-order valence-electron chi connectivity index (χ1n) is 17.6. The molecular weight excluding hydrogens is 670 g/mol. The molecule has 4 atom stereocenters. The molecule has 0 aliphatic carbocycles. The lowest BCUT2D eigenvalue weighted by Gasteiger charge is -2.31. The van der Waals surface area contributed by atoms with E-state index in [1.54, 1.807) is 56.0 Å². The van der Waals surface area contributed by atoms with Gasteiger partial charge < -0.3 is 30.5 Å². The standard InChI is InChI=1S/C38H47N5O9/c1-5-11-29(33(46)36(49)39-20-24(4)44)40-34(47)30-19-28(52-38(51)42-17-16-26-14-9-10-15-27(26)21-42)22-43(30)37(50)32(23(2)3)41-35(48)31(45)18-25-12-7-6-8-13-25/h6-10,12-15,23,28-30,32H,5,11,16-22H2,1-4H3,(H,39,49)(H,40,47)(H,41,48)/t28-,29?,30+,32+/m1/s1. The van der Waals surface area contributed by atoms with E-state index in [0.717, 1.165) is 11.1 Å². The molecule has 52 heavy (non-hydrogen) atoms. The Balaban J connectivity index is 1.53. The molecule has 0 bridgehead atoms. The molecule has 278 valence electrons. The molecule has 2 aromatic rings. The van der Waals surface area contributed by atoms with Crippen molar-refractivity contribution in [3.05, 3.63) is 71.3 Å². The topological polar surface area (TPSA) is 188 Å². The molecule has 1 unspecified atom stereocenters. The highest BCUT2D eigenvalue weighted by Crippen LogP contribution is 2.26. The van der Waals surface area contributed by atoms with Crippen molar-refractivity contribution in [2.75, 3.05) is 19.6 Å². The summed E-state index contributed by atoms with van der Waals surface area (Å²) < 4.78 is 5.85. The lowest BCUT2D eigenvalue weighted by Crippen LogP contribution is -2.58. The molecule has 3 N–H and O–H groups in total. The normalized spacial score (nSPS) is 17.7. The van der Waals surface area contributed by atoms with Crippen LogP contribution in [0, 0.1) is 5.92 Å². The van der Waals surface area contributed by atoms with Crippen LogP contribution in [0.5, 0.6) is 0 Å². The van der Waals surface area contributed by atoms with E-state index in [9.17, 15) is 38.4 Å². The van der Waals surface area contributed by atoms with Crippen LogP contribution in [-0.2, 0) is 57.7 Å². The van der Waals surface area contributed by atoms with E-state index in [2.05, 4.69) is 16.0 Å². The fourth-order valence-corrected chi connectivity index (χ4v) is 6.29. The smallest absolute Gasteiger partial charge is 0.410 e. The van der Waals surface area contributed by atoms with Gasteiger partial charge in [0.25, 0.3) is 11.8 Å². The number of ether oxygens (including phenoxy) is 1. The van der Waals surface area contributed by atoms with Crippen LogP contribution in [0.4, 0.5) is 4.79 Å². The van der Waals surface area contributed by atoms with Crippen LogP contribution in [0.2, 0.25) is 0 Å². The van der Waals surface area contributed by atoms with Gasteiger partial charge in [0.15, 0.2) is 0 Å². The Morgan fingerprint density at radius 3 is 2.21 bits per heavy atom. The van der Waals surface area contributed by atoms with Crippen molar-refractivity contribution >= 4 is 47.1 Å². The predicted molar refractivity (Wildman–Crippen MR) is 188 cm³/mol. The number of fused-ring (bicyclic) bond motifs is 1. The number of hydrogen-bond donors (Lipinski definition) is 3. The van der Waals surface area contributed by atoms with Crippen molar-refractivity contribution in [1.29, 1.82) is 0 Å². The molecule has 0 spiro atoms. The first-order chi connectivity index (χ1) is 24.8. The summed E-state index contributed by atoms with van der Waals surface area (Å²) in [4.78, 5) is 107. The lowest BCUT2D eigenvalue weighted by atomic mass is 10.0. The Morgan fingerprint density at radius 1 is 0.885 bits per heavy atom. The number of carbonyl (C=O) groups excluding carboxylic acids is 8. The summed E-state index contributed by atoms with van der Waals surface area (Å²) in [5, 5.41) is 7.38. The average molecular weight is 718 g/mol. The van der Waals surface area contributed by atoms with E-state index in [4.69, 9.17) is 4.74 Å². The molecule has 0 aromatic heterocycles. The molecule has 1 fully saturated rings.